The quantitative estimate of drug-likeness (QED) is 0.700. The number of halogens is 1. The predicted octanol–water partition coefficient (Wildman–Crippen LogP) is 4.47. The van der Waals surface area contributed by atoms with E-state index in [-0.39, 0.29) is 34.0 Å². The number of rotatable bonds is 8. The summed E-state index contributed by atoms with van der Waals surface area (Å²) in [5.41, 5.74) is 0.724. The molecule has 0 aliphatic carbocycles. The van der Waals surface area contributed by atoms with Gasteiger partial charge in [0.1, 0.15) is 0 Å². The molecule has 0 heterocycles. The van der Waals surface area contributed by atoms with Gasteiger partial charge in [0.25, 0.3) is 15.9 Å². The first-order chi connectivity index (χ1) is 12.8. The van der Waals surface area contributed by atoms with Crippen molar-refractivity contribution in [3.63, 3.8) is 0 Å². The maximum atomic E-state index is 13.1. The summed E-state index contributed by atoms with van der Waals surface area (Å²) in [6.45, 7) is 5.97. The lowest BCUT2D eigenvalue weighted by atomic mass is 10.1. The second-order valence-electron chi connectivity index (χ2n) is 6.31. The van der Waals surface area contributed by atoms with Crippen LogP contribution >= 0.6 is 11.6 Å². The molecule has 0 fully saturated rings. The fourth-order valence-corrected chi connectivity index (χ4v) is 4.56. The number of nitrogens with one attached hydrogen (secondary N) is 1. The van der Waals surface area contributed by atoms with Crippen LogP contribution in [0.3, 0.4) is 0 Å². The molecule has 27 heavy (non-hydrogen) atoms. The van der Waals surface area contributed by atoms with Crippen LogP contribution in [0.2, 0.25) is 5.02 Å². The van der Waals surface area contributed by atoms with Crippen molar-refractivity contribution in [1.82, 2.24) is 5.32 Å². The number of carbonyl (C=O) groups excluding carboxylic acids is 1. The third-order valence-electron chi connectivity index (χ3n) is 4.20. The van der Waals surface area contributed by atoms with Crippen LogP contribution in [0.1, 0.15) is 44.0 Å². The summed E-state index contributed by atoms with van der Waals surface area (Å²) in [4.78, 5) is 12.6. The van der Waals surface area contributed by atoms with Gasteiger partial charge < -0.3 is 5.32 Å². The van der Waals surface area contributed by atoms with Crippen LogP contribution in [0.4, 0.5) is 5.69 Å². The number of anilines is 1. The molecular formula is C20H25ClN2O3S. The molecule has 146 valence electrons. The minimum absolute atomic E-state index is 0.0183. The number of amides is 1. The zero-order valence-corrected chi connectivity index (χ0v) is 17.3. The number of hydrogen-bond donors (Lipinski definition) is 1. The number of benzene rings is 2. The Morgan fingerprint density at radius 1 is 1.15 bits per heavy atom. The van der Waals surface area contributed by atoms with Crippen molar-refractivity contribution in [2.75, 3.05) is 10.8 Å². The molecule has 0 saturated heterocycles. The Balaban J connectivity index is 2.39. The highest BCUT2D eigenvalue weighted by molar-refractivity contribution is 7.92. The van der Waals surface area contributed by atoms with E-state index in [4.69, 9.17) is 11.6 Å². The van der Waals surface area contributed by atoms with Crippen molar-refractivity contribution in [1.29, 1.82) is 0 Å². The van der Waals surface area contributed by atoms with Gasteiger partial charge in [-0.2, -0.15) is 0 Å². The van der Waals surface area contributed by atoms with Crippen LogP contribution in [0.15, 0.2) is 53.4 Å². The average molecular weight is 409 g/mol. The normalized spacial score (nSPS) is 12.4. The fourth-order valence-electron chi connectivity index (χ4n) is 2.86. The molecule has 0 spiro atoms. The van der Waals surface area contributed by atoms with Crippen LogP contribution in [-0.2, 0) is 10.0 Å². The van der Waals surface area contributed by atoms with E-state index >= 15 is 0 Å². The summed E-state index contributed by atoms with van der Waals surface area (Å²) < 4.78 is 27.6. The van der Waals surface area contributed by atoms with Crippen molar-refractivity contribution < 1.29 is 13.2 Å². The standard InChI is InChI=1S/C20H25ClN2O3S/c1-4-9-15(3)22-20(24)18-14-17(12-13-19(18)21)27(25,26)23(5-2)16-10-7-6-8-11-16/h6-8,10-15H,4-5,9H2,1-3H3,(H,22,24)/t15-/m0/s1. The number of carbonyl (C=O) groups is 1. The summed E-state index contributed by atoms with van der Waals surface area (Å²) in [5.74, 6) is -0.374. The zero-order chi connectivity index (χ0) is 20.0. The van der Waals surface area contributed by atoms with E-state index in [0.29, 0.717) is 5.69 Å². The van der Waals surface area contributed by atoms with Gasteiger partial charge in [0.15, 0.2) is 0 Å². The monoisotopic (exact) mass is 408 g/mol. The second kappa shape index (κ2) is 9.24. The average Bonchev–Trinajstić information content (AvgIpc) is 2.63. The number of nitrogens with zero attached hydrogens (tertiary/aromatic N) is 1. The molecule has 1 N–H and O–H groups in total. The molecule has 0 radical (unpaired) electrons. The van der Waals surface area contributed by atoms with Gasteiger partial charge in [0.2, 0.25) is 0 Å². The van der Waals surface area contributed by atoms with Gasteiger partial charge in [-0.15, -0.1) is 0 Å². The molecule has 0 bridgehead atoms. The van der Waals surface area contributed by atoms with Gasteiger partial charge in [-0.1, -0.05) is 43.1 Å². The molecule has 1 amide bonds. The predicted molar refractivity (Wildman–Crippen MR) is 110 cm³/mol. The van der Waals surface area contributed by atoms with Crippen molar-refractivity contribution in [3.8, 4) is 0 Å². The maximum Gasteiger partial charge on any atom is 0.264 e. The molecular weight excluding hydrogens is 384 g/mol. The van der Waals surface area contributed by atoms with E-state index in [1.54, 1.807) is 31.2 Å². The Morgan fingerprint density at radius 3 is 2.41 bits per heavy atom. The van der Waals surface area contributed by atoms with Gasteiger partial charge in [0, 0.05) is 12.6 Å². The zero-order valence-electron chi connectivity index (χ0n) is 15.8. The van der Waals surface area contributed by atoms with Gasteiger partial charge in [-0.05, 0) is 50.6 Å². The summed E-state index contributed by atoms with van der Waals surface area (Å²) in [6, 6.07) is 13.1. The van der Waals surface area contributed by atoms with Crippen molar-refractivity contribution in [2.45, 2.75) is 44.6 Å². The third kappa shape index (κ3) is 5.02. The Labute approximate surface area is 166 Å². The summed E-state index contributed by atoms with van der Waals surface area (Å²) in [6.07, 6.45) is 1.77. The Morgan fingerprint density at radius 2 is 1.81 bits per heavy atom. The number of sulfonamides is 1. The molecule has 1 atom stereocenters. The van der Waals surface area contributed by atoms with Crippen LogP contribution < -0.4 is 9.62 Å². The lowest BCUT2D eigenvalue weighted by molar-refractivity contribution is 0.0938. The maximum absolute atomic E-state index is 13.1. The smallest absolute Gasteiger partial charge is 0.264 e. The van der Waals surface area contributed by atoms with E-state index in [0.717, 1.165) is 12.8 Å². The summed E-state index contributed by atoms with van der Waals surface area (Å²) >= 11 is 6.16. The second-order valence-corrected chi connectivity index (χ2v) is 8.58. The van der Waals surface area contributed by atoms with Crippen molar-refractivity contribution in [3.05, 3.63) is 59.1 Å². The Bertz CT molecular complexity index is 885. The largest absolute Gasteiger partial charge is 0.350 e. The van der Waals surface area contributed by atoms with Crippen molar-refractivity contribution in [2.24, 2.45) is 0 Å². The number of hydrogen-bond acceptors (Lipinski definition) is 3. The minimum Gasteiger partial charge on any atom is -0.350 e. The topological polar surface area (TPSA) is 66.5 Å². The van der Waals surface area contributed by atoms with Crippen molar-refractivity contribution >= 4 is 33.2 Å². The lowest BCUT2D eigenvalue weighted by Gasteiger charge is -2.23. The first-order valence-corrected chi connectivity index (χ1v) is 10.8. The molecule has 0 aliphatic rings. The summed E-state index contributed by atoms with van der Waals surface area (Å²) in [7, 11) is -3.82. The molecule has 0 unspecified atom stereocenters. The summed E-state index contributed by atoms with van der Waals surface area (Å²) in [5, 5.41) is 3.08. The molecule has 0 aromatic heterocycles. The van der Waals surface area contributed by atoms with E-state index in [9.17, 15) is 13.2 Å². The van der Waals surface area contributed by atoms with Gasteiger partial charge in [0.05, 0.1) is 21.2 Å². The third-order valence-corrected chi connectivity index (χ3v) is 6.43. The molecule has 7 heteroatoms. The molecule has 0 aliphatic heterocycles. The van der Waals surface area contributed by atoms with E-state index in [2.05, 4.69) is 5.32 Å². The van der Waals surface area contributed by atoms with Crippen LogP contribution in [0, 0.1) is 0 Å². The van der Waals surface area contributed by atoms with E-state index < -0.39 is 10.0 Å². The molecule has 2 aromatic rings. The highest BCUT2D eigenvalue weighted by Crippen LogP contribution is 2.26. The number of para-hydroxylation sites is 1. The van der Waals surface area contributed by atoms with E-state index in [1.807, 2.05) is 19.9 Å². The van der Waals surface area contributed by atoms with E-state index in [1.165, 1.54) is 22.5 Å². The fraction of sp³-hybridized carbons (Fsp3) is 0.350. The Kier molecular flexibility index (Phi) is 7.27. The minimum atomic E-state index is -3.82. The van der Waals surface area contributed by atoms with Crippen LogP contribution in [0.25, 0.3) is 0 Å². The SMILES string of the molecule is CCC[C@H](C)NC(=O)c1cc(S(=O)(=O)N(CC)c2ccccc2)ccc1Cl. The molecule has 0 saturated carbocycles. The van der Waals surface area contributed by atoms with Gasteiger partial charge in [-0.25, -0.2) is 8.42 Å². The molecule has 2 rings (SSSR count). The van der Waals surface area contributed by atoms with Gasteiger partial charge in [-0.3, -0.25) is 9.10 Å². The highest BCUT2D eigenvalue weighted by Gasteiger charge is 2.25. The van der Waals surface area contributed by atoms with Crippen LogP contribution in [0.5, 0.6) is 0 Å². The first-order valence-electron chi connectivity index (χ1n) is 8.99. The van der Waals surface area contributed by atoms with Gasteiger partial charge >= 0.3 is 0 Å². The van der Waals surface area contributed by atoms with Crippen LogP contribution in [-0.4, -0.2) is 26.9 Å². The highest BCUT2D eigenvalue weighted by atomic mass is 35.5. The molecule has 5 nitrogen and oxygen atoms in total. The molecule has 2 aromatic carbocycles. The first kappa shape index (κ1) is 21.3. The Hall–Kier alpha value is -2.05. The lowest BCUT2D eigenvalue weighted by Crippen LogP contribution is -2.33.